The highest BCUT2D eigenvalue weighted by Crippen LogP contribution is 2.38. The van der Waals surface area contributed by atoms with E-state index in [1.807, 2.05) is 46.9 Å². The van der Waals surface area contributed by atoms with Crippen LogP contribution in [0.15, 0.2) is 30.5 Å². The molecule has 1 aromatic carbocycles. The number of ether oxygens (including phenoxy) is 1. The summed E-state index contributed by atoms with van der Waals surface area (Å²) in [4.78, 5) is 16.1. The maximum Gasteiger partial charge on any atom is 0.407 e. The molecule has 1 aromatic heterocycles. The van der Waals surface area contributed by atoms with E-state index < -0.39 is 5.60 Å². The lowest BCUT2D eigenvalue weighted by Gasteiger charge is -2.30. The Morgan fingerprint density at radius 2 is 1.86 bits per heavy atom. The predicted molar refractivity (Wildman–Crippen MR) is 112 cm³/mol. The molecular formula is C23H33FN2O2. The summed E-state index contributed by atoms with van der Waals surface area (Å²) in [6.07, 6.45) is 5.62. The Kier molecular flexibility index (Phi) is 7.78. The van der Waals surface area contributed by atoms with Crippen molar-refractivity contribution in [2.24, 2.45) is 5.92 Å². The number of amides is 1. The highest BCUT2D eigenvalue weighted by Gasteiger charge is 2.25. The summed E-state index contributed by atoms with van der Waals surface area (Å²) in [5, 5.41) is 3.80. The maximum absolute atomic E-state index is 13.7. The predicted octanol–water partition coefficient (Wildman–Crippen LogP) is 6.20. The maximum atomic E-state index is 13.7. The van der Waals surface area contributed by atoms with Crippen molar-refractivity contribution in [1.82, 2.24) is 10.3 Å². The zero-order valence-electron chi connectivity index (χ0n) is 17.7. The van der Waals surface area contributed by atoms with Crippen molar-refractivity contribution in [1.29, 1.82) is 0 Å². The molecule has 4 nitrogen and oxygen atoms in total. The molecule has 28 heavy (non-hydrogen) atoms. The monoisotopic (exact) mass is 388 g/mol. The summed E-state index contributed by atoms with van der Waals surface area (Å²) in [5.74, 6) is 0.658. The largest absolute Gasteiger partial charge is 0.444 e. The third kappa shape index (κ3) is 6.18. The fourth-order valence-corrected chi connectivity index (χ4v) is 3.72. The Morgan fingerprint density at radius 1 is 1.18 bits per heavy atom. The van der Waals surface area contributed by atoms with Crippen LogP contribution >= 0.6 is 0 Å². The van der Waals surface area contributed by atoms with E-state index in [4.69, 9.17) is 4.74 Å². The minimum Gasteiger partial charge on any atom is -0.444 e. The van der Waals surface area contributed by atoms with Crippen LogP contribution in [0.4, 0.5) is 9.18 Å². The van der Waals surface area contributed by atoms with Gasteiger partial charge in [0, 0.05) is 18.1 Å². The number of hydrogen-bond acceptors (Lipinski definition) is 3. The molecule has 0 radical (unpaired) electrons. The number of pyridine rings is 1. The van der Waals surface area contributed by atoms with Gasteiger partial charge in [-0.1, -0.05) is 13.8 Å². The van der Waals surface area contributed by atoms with E-state index in [1.165, 1.54) is 11.6 Å². The molecule has 5 heteroatoms. The Bertz CT molecular complexity index is 778. The van der Waals surface area contributed by atoms with E-state index in [0.29, 0.717) is 18.4 Å². The summed E-state index contributed by atoms with van der Waals surface area (Å²) >= 11 is 0. The van der Waals surface area contributed by atoms with Gasteiger partial charge < -0.3 is 10.1 Å². The normalized spacial score (nSPS) is 19.5. The van der Waals surface area contributed by atoms with Crippen LogP contribution in [-0.2, 0) is 4.74 Å². The van der Waals surface area contributed by atoms with Crippen molar-refractivity contribution < 1.29 is 13.9 Å². The van der Waals surface area contributed by atoms with Gasteiger partial charge in [-0.3, -0.25) is 4.98 Å². The summed E-state index contributed by atoms with van der Waals surface area (Å²) in [6.45, 7) is 10.2. The average Bonchev–Trinajstić information content (AvgIpc) is 2.66. The number of rotatable bonds is 3. The molecule has 0 spiro atoms. The smallest absolute Gasteiger partial charge is 0.407 e. The molecule has 0 bridgehead atoms. The number of halogens is 1. The zero-order valence-corrected chi connectivity index (χ0v) is 17.7. The molecule has 1 fully saturated rings. The van der Waals surface area contributed by atoms with Gasteiger partial charge in [0.2, 0.25) is 0 Å². The molecule has 154 valence electrons. The van der Waals surface area contributed by atoms with Crippen LogP contribution in [0.5, 0.6) is 0 Å². The van der Waals surface area contributed by atoms with Crippen molar-refractivity contribution in [3.05, 3.63) is 41.8 Å². The van der Waals surface area contributed by atoms with Crippen LogP contribution in [-0.4, -0.2) is 23.2 Å². The molecule has 1 N–H and O–H groups in total. The summed E-state index contributed by atoms with van der Waals surface area (Å²) in [7, 11) is 0. The van der Waals surface area contributed by atoms with E-state index in [1.54, 1.807) is 12.1 Å². The van der Waals surface area contributed by atoms with Crippen LogP contribution in [0, 0.1) is 11.7 Å². The van der Waals surface area contributed by atoms with Gasteiger partial charge >= 0.3 is 6.09 Å². The molecule has 0 unspecified atom stereocenters. The van der Waals surface area contributed by atoms with Crippen LogP contribution in [0.3, 0.4) is 0 Å². The molecule has 1 amide bonds. The second-order valence-electron chi connectivity index (χ2n) is 8.16. The number of carbonyl (C=O) groups excluding carboxylic acids is 1. The number of nitrogens with one attached hydrogen (secondary N) is 1. The zero-order chi connectivity index (χ0) is 20.7. The third-order valence-corrected chi connectivity index (χ3v) is 4.96. The van der Waals surface area contributed by atoms with Gasteiger partial charge in [-0.2, -0.15) is 0 Å². The van der Waals surface area contributed by atoms with E-state index in [2.05, 4.69) is 10.3 Å². The number of carbonyl (C=O) groups is 1. The SMILES string of the molecule is CC.CC(C)(C)OC(=O)NCC1CCC(c2ccnc3ccc(F)cc23)CC1. The van der Waals surface area contributed by atoms with Crippen molar-refractivity contribution in [3.63, 3.8) is 0 Å². The quantitative estimate of drug-likeness (QED) is 0.681. The van der Waals surface area contributed by atoms with Crippen molar-refractivity contribution >= 4 is 17.0 Å². The lowest BCUT2D eigenvalue weighted by atomic mass is 9.78. The number of benzene rings is 1. The van der Waals surface area contributed by atoms with Gasteiger partial charge in [-0.15, -0.1) is 0 Å². The standard InChI is InChI=1S/C21H27FN2O2.C2H6/c1-21(2,3)26-20(25)24-13-14-4-6-15(7-5-14)17-10-11-23-19-9-8-16(22)12-18(17)19;1-2/h8-12,14-15H,4-7,13H2,1-3H3,(H,24,25);1-2H3. The van der Waals surface area contributed by atoms with Crippen LogP contribution < -0.4 is 5.32 Å². The first-order valence-electron chi connectivity index (χ1n) is 10.3. The number of hydrogen-bond donors (Lipinski definition) is 1. The molecule has 1 aliphatic rings. The minimum absolute atomic E-state index is 0.220. The van der Waals surface area contributed by atoms with Gasteiger partial charge in [-0.05, 0) is 88.1 Å². The molecule has 0 atom stereocenters. The molecular weight excluding hydrogens is 355 g/mol. The summed E-state index contributed by atoms with van der Waals surface area (Å²) in [6, 6.07) is 6.81. The molecule has 0 aliphatic heterocycles. The Hall–Kier alpha value is -2.17. The van der Waals surface area contributed by atoms with E-state index in [0.717, 1.165) is 36.6 Å². The molecule has 1 heterocycles. The van der Waals surface area contributed by atoms with Crippen LogP contribution in [0.1, 0.15) is 71.8 Å². The van der Waals surface area contributed by atoms with Gasteiger partial charge in [0.25, 0.3) is 0 Å². The van der Waals surface area contributed by atoms with E-state index in [9.17, 15) is 9.18 Å². The van der Waals surface area contributed by atoms with Crippen molar-refractivity contribution in [2.45, 2.75) is 71.8 Å². The lowest BCUT2D eigenvalue weighted by Crippen LogP contribution is -2.36. The fourth-order valence-electron chi connectivity index (χ4n) is 3.72. The first kappa shape index (κ1) is 22.1. The molecule has 1 saturated carbocycles. The van der Waals surface area contributed by atoms with Gasteiger partial charge in [-0.25, -0.2) is 9.18 Å². The summed E-state index contributed by atoms with van der Waals surface area (Å²) in [5.41, 5.74) is 1.56. The topological polar surface area (TPSA) is 51.2 Å². The van der Waals surface area contributed by atoms with E-state index >= 15 is 0 Å². The molecule has 1 aliphatic carbocycles. The fraction of sp³-hybridized carbons (Fsp3) is 0.565. The lowest BCUT2D eigenvalue weighted by molar-refractivity contribution is 0.0514. The number of fused-ring (bicyclic) bond motifs is 1. The Balaban J connectivity index is 0.00000136. The molecule has 3 rings (SSSR count). The van der Waals surface area contributed by atoms with Crippen molar-refractivity contribution in [2.75, 3.05) is 6.54 Å². The highest BCUT2D eigenvalue weighted by atomic mass is 19.1. The molecule has 0 saturated heterocycles. The Labute approximate surface area is 167 Å². The van der Waals surface area contributed by atoms with Crippen LogP contribution in [0.2, 0.25) is 0 Å². The third-order valence-electron chi connectivity index (χ3n) is 4.96. The first-order chi connectivity index (χ1) is 13.3. The van der Waals surface area contributed by atoms with Crippen LogP contribution in [0.25, 0.3) is 10.9 Å². The minimum atomic E-state index is -0.473. The number of nitrogens with zero attached hydrogens (tertiary/aromatic N) is 1. The average molecular weight is 389 g/mol. The van der Waals surface area contributed by atoms with Gasteiger partial charge in [0.1, 0.15) is 11.4 Å². The number of alkyl carbamates (subject to hydrolysis) is 1. The van der Waals surface area contributed by atoms with Gasteiger partial charge in [0.15, 0.2) is 0 Å². The van der Waals surface area contributed by atoms with E-state index in [-0.39, 0.29) is 11.9 Å². The Morgan fingerprint density at radius 3 is 2.50 bits per heavy atom. The second-order valence-corrected chi connectivity index (χ2v) is 8.16. The number of aromatic nitrogens is 1. The van der Waals surface area contributed by atoms with Gasteiger partial charge in [0.05, 0.1) is 5.52 Å². The molecule has 2 aromatic rings. The highest BCUT2D eigenvalue weighted by molar-refractivity contribution is 5.82. The first-order valence-corrected chi connectivity index (χ1v) is 10.3. The van der Waals surface area contributed by atoms with Crippen molar-refractivity contribution in [3.8, 4) is 0 Å². The summed E-state index contributed by atoms with van der Waals surface area (Å²) < 4.78 is 18.9. The second kappa shape index (κ2) is 9.85.